The van der Waals surface area contributed by atoms with E-state index in [1.54, 1.807) is 78.9 Å². The van der Waals surface area contributed by atoms with Gasteiger partial charge < -0.3 is 20.9 Å². The van der Waals surface area contributed by atoms with Gasteiger partial charge >= 0.3 is 6.09 Å². The van der Waals surface area contributed by atoms with Gasteiger partial charge in [0.1, 0.15) is 11.9 Å². The van der Waals surface area contributed by atoms with Crippen molar-refractivity contribution in [1.29, 1.82) is 0 Å². The molecule has 0 spiro atoms. The number of rotatable bonds is 9. The van der Waals surface area contributed by atoms with Crippen LogP contribution in [0.3, 0.4) is 0 Å². The lowest BCUT2D eigenvalue weighted by atomic mass is 9.89. The largest absolute Gasteiger partial charge is 0.507 e. The van der Waals surface area contributed by atoms with Gasteiger partial charge in [0, 0.05) is 16.5 Å². The number of hydrogen-bond donors (Lipinski definition) is 4. The zero-order chi connectivity index (χ0) is 28.5. The van der Waals surface area contributed by atoms with Gasteiger partial charge in [-0.25, -0.2) is 4.79 Å². The number of para-hydroxylation sites is 2. The maximum Gasteiger partial charge on any atom is 0.414 e. The molecule has 8 nitrogen and oxygen atoms in total. The first kappa shape index (κ1) is 27.9. The molecule has 4 rings (SSSR count). The molecule has 0 saturated carbocycles. The fourth-order valence-corrected chi connectivity index (χ4v) is 4.43. The molecule has 0 saturated heterocycles. The van der Waals surface area contributed by atoms with Crippen LogP contribution in [0, 0.1) is 5.92 Å². The second-order valence-electron chi connectivity index (χ2n) is 9.40. The van der Waals surface area contributed by atoms with Gasteiger partial charge in [-0.3, -0.25) is 14.9 Å². The molecule has 3 amide bonds. The van der Waals surface area contributed by atoms with Crippen LogP contribution in [0.25, 0.3) is 10.8 Å². The number of benzene rings is 4. The molecule has 2 atom stereocenters. The van der Waals surface area contributed by atoms with Crippen molar-refractivity contribution in [2.75, 3.05) is 11.1 Å². The molecular weight excluding hydrogens is 506 g/mol. The highest BCUT2D eigenvalue weighted by molar-refractivity contribution is 6.03. The Bertz CT molecular complexity index is 1530. The molecule has 0 radical (unpaired) electrons. The summed E-state index contributed by atoms with van der Waals surface area (Å²) in [4.78, 5) is 37.7. The van der Waals surface area contributed by atoms with E-state index in [2.05, 4.69) is 10.6 Å². The summed E-state index contributed by atoms with van der Waals surface area (Å²) in [6.07, 6.45) is 2.67. The summed E-state index contributed by atoms with van der Waals surface area (Å²) in [5, 5.41) is 16.8. The number of nitrogens with one attached hydrogen (secondary N) is 2. The summed E-state index contributed by atoms with van der Waals surface area (Å²) in [6, 6.07) is 26.0. The molecule has 0 fully saturated rings. The number of nitrogens with two attached hydrogens (primary N) is 1. The van der Waals surface area contributed by atoms with Crippen molar-refractivity contribution in [2.45, 2.75) is 25.9 Å². The lowest BCUT2D eigenvalue weighted by Gasteiger charge is -2.26. The molecule has 204 valence electrons. The van der Waals surface area contributed by atoms with Crippen LogP contribution >= 0.6 is 0 Å². The highest BCUT2D eigenvalue weighted by Crippen LogP contribution is 2.37. The van der Waals surface area contributed by atoms with E-state index < -0.39 is 18.1 Å². The Morgan fingerprint density at radius 3 is 2.33 bits per heavy atom. The summed E-state index contributed by atoms with van der Waals surface area (Å²) in [5.74, 6) is -0.965. The number of hydrogen-bond acceptors (Lipinski definition) is 6. The summed E-state index contributed by atoms with van der Waals surface area (Å²) in [7, 11) is 0. The predicted molar refractivity (Wildman–Crippen MR) is 156 cm³/mol. The van der Waals surface area contributed by atoms with Crippen molar-refractivity contribution in [3.8, 4) is 5.75 Å². The molecule has 8 heteroatoms. The average molecular weight is 538 g/mol. The number of phenols is 1. The molecule has 0 aliphatic heterocycles. The van der Waals surface area contributed by atoms with Crippen molar-refractivity contribution in [1.82, 2.24) is 5.32 Å². The number of ether oxygens (including phenoxy) is 1. The Morgan fingerprint density at radius 1 is 0.900 bits per heavy atom. The minimum absolute atomic E-state index is 0.113. The summed E-state index contributed by atoms with van der Waals surface area (Å²) < 4.78 is 5.84. The Hall–Kier alpha value is -5.11. The number of fused-ring (bicyclic) bond motifs is 1. The first-order valence-corrected chi connectivity index (χ1v) is 12.9. The third-order valence-electron chi connectivity index (χ3n) is 6.52. The number of carbonyl (C=O) groups is 3. The van der Waals surface area contributed by atoms with Crippen molar-refractivity contribution in [2.24, 2.45) is 5.92 Å². The van der Waals surface area contributed by atoms with Gasteiger partial charge in [-0.2, -0.15) is 0 Å². The van der Waals surface area contributed by atoms with Crippen molar-refractivity contribution < 1.29 is 24.2 Å². The first-order chi connectivity index (χ1) is 19.3. The highest BCUT2D eigenvalue weighted by Gasteiger charge is 2.26. The lowest BCUT2D eigenvalue weighted by molar-refractivity contribution is -0.111. The molecule has 5 N–H and O–H groups in total. The topological polar surface area (TPSA) is 131 Å². The van der Waals surface area contributed by atoms with E-state index in [0.29, 0.717) is 40.7 Å². The fourth-order valence-electron chi connectivity index (χ4n) is 4.43. The smallest absolute Gasteiger partial charge is 0.414 e. The molecule has 4 aromatic carbocycles. The summed E-state index contributed by atoms with van der Waals surface area (Å²) in [6.45, 7) is 1.93. The fraction of sp³-hybridized carbons (Fsp3) is 0.156. The van der Waals surface area contributed by atoms with Gasteiger partial charge in [-0.1, -0.05) is 73.7 Å². The first-order valence-electron chi connectivity index (χ1n) is 12.9. The van der Waals surface area contributed by atoms with Crippen LogP contribution in [-0.4, -0.2) is 23.0 Å². The van der Waals surface area contributed by atoms with Crippen LogP contribution in [0.15, 0.2) is 103 Å². The van der Waals surface area contributed by atoms with Gasteiger partial charge in [0.25, 0.3) is 5.91 Å². The van der Waals surface area contributed by atoms with Crippen molar-refractivity contribution >= 4 is 40.1 Å². The molecule has 0 aliphatic rings. The van der Waals surface area contributed by atoms with E-state index in [1.165, 1.54) is 6.08 Å². The zero-order valence-corrected chi connectivity index (χ0v) is 22.0. The number of alkyl carbamates (subject to hydrolysis) is 1. The molecule has 0 aromatic heterocycles. The second-order valence-corrected chi connectivity index (χ2v) is 9.40. The molecule has 0 bridgehead atoms. The number of carbonyl (C=O) groups excluding carboxylic acids is 3. The molecule has 4 aromatic rings. The number of imide groups is 1. The Labute approximate surface area is 232 Å². The molecular formula is C32H31N3O5. The Morgan fingerprint density at radius 2 is 1.57 bits per heavy atom. The Balaban J connectivity index is 1.48. The van der Waals surface area contributed by atoms with E-state index in [9.17, 15) is 19.5 Å². The molecule has 0 unspecified atom stereocenters. The third kappa shape index (κ3) is 7.05. The van der Waals surface area contributed by atoms with Crippen molar-refractivity contribution in [3.63, 3.8) is 0 Å². The lowest BCUT2D eigenvalue weighted by Crippen LogP contribution is -2.33. The minimum atomic E-state index is -0.877. The normalized spacial score (nSPS) is 12.5. The van der Waals surface area contributed by atoms with Gasteiger partial charge in [-0.05, 0) is 60.6 Å². The third-order valence-corrected chi connectivity index (χ3v) is 6.52. The molecule has 40 heavy (non-hydrogen) atoms. The van der Waals surface area contributed by atoms with E-state index in [0.717, 1.165) is 5.39 Å². The van der Waals surface area contributed by atoms with E-state index in [1.807, 2.05) is 25.1 Å². The number of phenolic OH excluding ortho intramolecular Hbond substituents is 1. The number of allylic oxidation sites excluding steroid dienone is 1. The average Bonchev–Trinajstić information content (AvgIpc) is 2.96. The van der Waals surface area contributed by atoms with E-state index in [4.69, 9.17) is 10.5 Å². The zero-order valence-electron chi connectivity index (χ0n) is 22.0. The van der Waals surface area contributed by atoms with Gasteiger partial charge in [0.15, 0.2) is 0 Å². The van der Waals surface area contributed by atoms with Gasteiger partial charge in [-0.15, -0.1) is 0 Å². The monoisotopic (exact) mass is 537 g/mol. The van der Waals surface area contributed by atoms with E-state index >= 15 is 0 Å². The van der Waals surface area contributed by atoms with Crippen LogP contribution in [0.5, 0.6) is 5.75 Å². The van der Waals surface area contributed by atoms with Crippen LogP contribution in [-0.2, 0) is 9.53 Å². The standard InChI is InChI=1S/C32H31N3O5/c1-21(11-5-10-18-29(37)34-27-17-9-8-16-26(27)33)30(25-19-20-28(36)24-15-7-6-14-23(24)25)40-32(39)35-31(38)22-12-3-2-4-13-22/h2-4,6-10,12-21,30,36H,5,11,33H2,1H3,(H,34,37)(H,35,38,39)/b18-10+/t21-,30+/m0/s1. The minimum Gasteiger partial charge on any atom is -0.507 e. The van der Waals surface area contributed by atoms with Gasteiger partial charge in [0.05, 0.1) is 11.4 Å². The summed E-state index contributed by atoms with van der Waals surface area (Å²) in [5.41, 5.74) is 7.92. The number of anilines is 2. The maximum absolute atomic E-state index is 12.9. The number of nitrogen functional groups attached to an aromatic ring is 1. The Kier molecular flexibility index (Phi) is 9.15. The van der Waals surface area contributed by atoms with Crippen LogP contribution in [0.2, 0.25) is 0 Å². The predicted octanol–water partition coefficient (Wildman–Crippen LogP) is 6.35. The molecule has 0 heterocycles. The van der Waals surface area contributed by atoms with Gasteiger partial charge in [0.2, 0.25) is 5.91 Å². The molecule has 0 aliphatic carbocycles. The van der Waals surface area contributed by atoms with Crippen LogP contribution < -0.4 is 16.4 Å². The maximum atomic E-state index is 12.9. The van der Waals surface area contributed by atoms with Crippen LogP contribution in [0.1, 0.15) is 41.8 Å². The van der Waals surface area contributed by atoms with Crippen molar-refractivity contribution in [3.05, 3.63) is 114 Å². The van der Waals surface area contributed by atoms with E-state index in [-0.39, 0.29) is 17.6 Å². The quantitative estimate of drug-likeness (QED) is 0.145. The number of amides is 3. The second kappa shape index (κ2) is 13.1. The van der Waals surface area contributed by atoms with Crippen LogP contribution in [0.4, 0.5) is 16.2 Å². The summed E-state index contributed by atoms with van der Waals surface area (Å²) >= 11 is 0. The SMILES string of the molecule is C[C@@H](CC/C=C/C(=O)Nc1ccccc1N)[C@@H](OC(=O)NC(=O)c1ccccc1)c1ccc(O)c2ccccc12. The number of aromatic hydroxyl groups is 1. The highest BCUT2D eigenvalue weighted by atomic mass is 16.6.